The molecular formula is C29H32F2N6O2. The Labute approximate surface area is 224 Å². The van der Waals surface area contributed by atoms with Crippen LogP contribution in [0, 0.1) is 11.8 Å². The minimum Gasteiger partial charge on any atom is -0.371 e. The lowest BCUT2D eigenvalue weighted by Crippen LogP contribution is -2.32. The number of nitrogens with one attached hydrogen (secondary N) is 2. The number of hydrogen-bond donors (Lipinski definition) is 2. The normalized spacial score (nSPS) is 23.4. The zero-order valence-corrected chi connectivity index (χ0v) is 21.9. The second kappa shape index (κ2) is 9.29. The van der Waals surface area contributed by atoms with E-state index in [-0.39, 0.29) is 6.23 Å². The van der Waals surface area contributed by atoms with Crippen molar-refractivity contribution < 1.29 is 18.3 Å². The predicted octanol–water partition coefficient (Wildman–Crippen LogP) is 6.11. The van der Waals surface area contributed by atoms with Crippen LogP contribution in [0.15, 0.2) is 36.4 Å². The number of ether oxygens (including phenoxy) is 1. The summed E-state index contributed by atoms with van der Waals surface area (Å²) in [7, 11) is 0. The van der Waals surface area contributed by atoms with Crippen LogP contribution in [-0.4, -0.2) is 51.3 Å². The molecule has 204 valence electrons. The minimum atomic E-state index is -2.91. The molecule has 3 fully saturated rings. The van der Waals surface area contributed by atoms with Gasteiger partial charge in [0.25, 0.3) is 5.92 Å². The van der Waals surface area contributed by atoms with Crippen molar-refractivity contribution in [1.29, 1.82) is 0 Å². The summed E-state index contributed by atoms with van der Waals surface area (Å²) in [5.74, 6) is -3.46. The van der Waals surface area contributed by atoms with E-state index in [1.807, 2.05) is 16.8 Å². The number of nitrogens with zero attached hydrogens (tertiary/aromatic N) is 4. The molecule has 8 nitrogen and oxygen atoms in total. The van der Waals surface area contributed by atoms with E-state index in [0.717, 1.165) is 60.2 Å². The third-order valence-corrected chi connectivity index (χ3v) is 8.38. The molecule has 0 spiro atoms. The molecule has 3 aliphatic rings. The van der Waals surface area contributed by atoms with E-state index >= 15 is 0 Å². The van der Waals surface area contributed by atoms with Gasteiger partial charge in [-0.1, -0.05) is 6.92 Å². The maximum absolute atomic E-state index is 13.5. The summed E-state index contributed by atoms with van der Waals surface area (Å²) in [4.78, 5) is 23.1. The molecule has 10 heteroatoms. The Kier molecular flexibility index (Phi) is 5.84. The second-order valence-corrected chi connectivity index (χ2v) is 11.3. The van der Waals surface area contributed by atoms with E-state index in [1.165, 1.54) is 18.5 Å². The number of fused-ring (bicyclic) bond motifs is 2. The van der Waals surface area contributed by atoms with Crippen molar-refractivity contribution >= 4 is 39.2 Å². The quantitative estimate of drug-likeness (QED) is 0.323. The van der Waals surface area contributed by atoms with E-state index in [4.69, 9.17) is 14.8 Å². The van der Waals surface area contributed by atoms with Gasteiger partial charge < -0.3 is 19.9 Å². The summed E-state index contributed by atoms with van der Waals surface area (Å²) in [6.07, 6.45) is 4.70. The maximum Gasteiger partial charge on any atom is 0.260 e. The predicted molar refractivity (Wildman–Crippen MR) is 146 cm³/mol. The number of H-pyrrole nitrogens is 1. The molecule has 4 aromatic rings. The second-order valence-electron chi connectivity index (χ2n) is 11.3. The Hall–Kier alpha value is -3.53. The van der Waals surface area contributed by atoms with Crippen LogP contribution in [0.25, 0.3) is 33.5 Å². The first-order chi connectivity index (χ1) is 18.9. The van der Waals surface area contributed by atoms with Crippen LogP contribution in [0.1, 0.15) is 51.7 Å². The first kappa shape index (κ1) is 24.5. The first-order valence-corrected chi connectivity index (χ1v) is 13.9. The molecule has 2 N–H and O–H groups in total. The van der Waals surface area contributed by atoms with Crippen LogP contribution in [0.4, 0.5) is 20.2 Å². The highest BCUT2D eigenvalue weighted by Crippen LogP contribution is 2.49. The number of piperidine rings is 1. The molecule has 2 aromatic carbocycles. The van der Waals surface area contributed by atoms with E-state index in [0.29, 0.717) is 23.8 Å². The number of carbonyl (C=O) groups excluding carboxylic acids is 1. The van der Waals surface area contributed by atoms with Crippen molar-refractivity contribution in [3.8, 4) is 11.5 Å². The molecule has 4 heterocycles. The number of benzene rings is 2. The van der Waals surface area contributed by atoms with Crippen molar-refractivity contribution in [2.24, 2.45) is 11.8 Å². The molecule has 1 amide bonds. The molecule has 2 saturated heterocycles. The van der Waals surface area contributed by atoms with Gasteiger partial charge in [-0.3, -0.25) is 4.79 Å². The van der Waals surface area contributed by atoms with Crippen LogP contribution < -0.4 is 10.2 Å². The smallest absolute Gasteiger partial charge is 0.260 e. The van der Waals surface area contributed by atoms with Gasteiger partial charge >= 0.3 is 0 Å². The molecule has 2 atom stereocenters. The van der Waals surface area contributed by atoms with Gasteiger partial charge in [0.15, 0.2) is 12.1 Å². The molecule has 0 radical (unpaired) electrons. The fourth-order valence-electron chi connectivity index (χ4n) is 5.83. The number of rotatable bonds is 5. The van der Waals surface area contributed by atoms with Gasteiger partial charge in [0, 0.05) is 42.9 Å². The van der Waals surface area contributed by atoms with Crippen molar-refractivity contribution in [3.63, 3.8) is 0 Å². The SMILES string of the molecule is CC1CCN(c2ccc3nc(-c4nn(C5CCCCO5)c5ccc(NC(=O)C6CC6(F)F)cc45)[nH]c3c2)CC1. The van der Waals surface area contributed by atoms with Gasteiger partial charge in [0.1, 0.15) is 11.6 Å². The van der Waals surface area contributed by atoms with Crippen LogP contribution >= 0.6 is 0 Å². The molecular weight excluding hydrogens is 502 g/mol. The van der Waals surface area contributed by atoms with Crippen molar-refractivity contribution in [1.82, 2.24) is 19.7 Å². The first-order valence-electron chi connectivity index (χ1n) is 13.9. The Morgan fingerprint density at radius 3 is 2.69 bits per heavy atom. The highest BCUT2D eigenvalue weighted by atomic mass is 19.3. The van der Waals surface area contributed by atoms with Gasteiger partial charge in [-0.05, 0) is 74.4 Å². The Morgan fingerprint density at radius 1 is 1.13 bits per heavy atom. The molecule has 2 aromatic heterocycles. The molecule has 2 unspecified atom stereocenters. The van der Waals surface area contributed by atoms with Crippen LogP contribution in [-0.2, 0) is 9.53 Å². The van der Waals surface area contributed by atoms with Crippen molar-refractivity contribution in [3.05, 3.63) is 36.4 Å². The van der Waals surface area contributed by atoms with Gasteiger partial charge in [0.05, 0.1) is 16.6 Å². The number of carbonyl (C=O) groups is 1. The number of aromatic nitrogens is 4. The molecule has 1 aliphatic carbocycles. The lowest BCUT2D eigenvalue weighted by atomic mass is 9.99. The lowest BCUT2D eigenvalue weighted by Gasteiger charge is -2.32. The summed E-state index contributed by atoms with van der Waals surface area (Å²) >= 11 is 0. The highest BCUT2D eigenvalue weighted by molar-refractivity contribution is 6.00. The Balaban J connectivity index is 1.26. The topological polar surface area (TPSA) is 88.1 Å². The van der Waals surface area contributed by atoms with E-state index in [2.05, 4.69) is 34.3 Å². The molecule has 1 saturated carbocycles. The van der Waals surface area contributed by atoms with E-state index in [1.54, 1.807) is 12.1 Å². The molecule has 39 heavy (non-hydrogen) atoms. The lowest BCUT2D eigenvalue weighted by molar-refractivity contribution is -0.119. The zero-order valence-electron chi connectivity index (χ0n) is 21.9. The van der Waals surface area contributed by atoms with E-state index in [9.17, 15) is 13.6 Å². The number of halogens is 2. The van der Waals surface area contributed by atoms with Gasteiger partial charge in [-0.2, -0.15) is 5.10 Å². The highest BCUT2D eigenvalue weighted by Gasteiger charge is 2.61. The molecule has 2 aliphatic heterocycles. The maximum atomic E-state index is 13.5. The summed E-state index contributed by atoms with van der Waals surface area (Å²) in [6.45, 7) is 5.08. The fraction of sp³-hybridized carbons (Fsp3) is 0.483. The Morgan fingerprint density at radius 2 is 1.95 bits per heavy atom. The number of aromatic amines is 1. The van der Waals surface area contributed by atoms with Gasteiger partial charge in [0.2, 0.25) is 5.91 Å². The zero-order chi connectivity index (χ0) is 26.7. The number of imidazole rings is 1. The number of hydrogen-bond acceptors (Lipinski definition) is 5. The third kappa shape index (κ3) is 4.54. The minimum absolute atomic E-state index is 0.196. The van der Waals surface area contributed by atoms with Gasteiger partial charge in [-0.25, -0.2) is 18.4 Å². The van der Waals surface area contributed by atoms with Crippen LogP contribution in [0.5, 0.6) is 0 Å². The summed E-state index contributed by atoms with van der Waals surface area (Å²) in [5, 5.41) is 8.39. The summed E-state index contributed by atoms with van der Waals surface area (Å²) in [6, 6.07) is 11.7. The van der Waals surface area contributed by atoms with Crippen LogP contribution in [0.3, 0.4) is 0 Å². The van der Waals surface area contributed by atoms with Crippen molar-refractivity contribution in [2.75, 3.05) is 29.9 Å². The summed E-state index contributed by atoms with van der Waals surface area (Å²) in [5.41, 5.74) is 4.89. The summed E-state index contributed by atoms with van der Waals surface area (Å²) < 4.78 is 34.8. The van der Waals surface area contributed by atoms with E-state index < -0.39 is 24.2 Å². The third-order valence-electron chi connectivity index (χ3n) is 8.38. The monoisotopic (exact) mass is 534 g/mol. The molecule has 7 rings (SSSR count). The average molecular weight is 535 g/mol. The largest absolute Gasteiger partial charge is 0.371 e. The average Bonchev–Trinajstić information content (AvgIpc) is 3.25. The fourth-order valence-corrected chi connectivity index (χ4v) is 5.83. The number of amides is 1. The standard InChI is InChI=1S/C29H32F2N6O2/c1-17-9-11-36(12-10-17)19-6-7-22-23(15-19)34-27(33-22)26-20-14-18(32-28(38)21-16-29(21,30)31)5-8-24(20)37(35-26)25-4-2-3-13-39-25/h5-8,14-15,17,21,25H,2-4,9-13,16H2,1H3,(H,32,38)(H,33,34). The van der Waals surface area contributed by atoms with Crippen LogP contribution in [0.2, 0.25) is 0 Å². The molecule has 0 bridgehead atoms. The Bertz CT molecular complexity index is 1550. The van der Waals surface area contributed by atoms with Crippen molar-refractivity contribution in [2.45, 2.75) is 57.6 Å². The van der Waals surface area contributed by atoms with Gasteiger partial charge in [-0.15, -0.1) is 0 Å². The number of alkyl halides is 2. The number of anilines is 2.